The number of morpholine rings is 1. The first-order valence-corrected chi connectivity index (χ1v) is 7.38. The van der Waals surface area contributed by atoms with Crippen LogP contribution in [0.1, 0.15) is 5.56 Å². The highest BCUT2D eigenvalue weighted by molar-refractivity contribution is 5.42. The molecule has 2 heterocycles. The zero-order valence-electron chi connectivity index (χ0n) is 12.7. The van der Waals surface area contributed by atoms with Crippen LogP contribution in [0.25, 0.3) is 0 Å². The molecule has 0 spiro atoms. The highest BCUT2D eigenvalue weighted by Gasteiger charge is 2.13. The molecule has 1 aromatic carbocycles. The molecule has 1 aliphatic heterocycles. The Morgan fingerprint density at radius 1 is 1.18 bits per heavy atom. The number of anilines is 2. The predicted molar refractivity (Wildman–Crippen MR) is 85.4 cm³/mol. The molecule has 0 bridgehead atoms. The van der Waals surface area contributed by atoms with Crippen LogP contribution in [-0.4, -0.2) is 43.4 Å². The molecule has 6 nitrogen and oxygen atoms in total. The van der Waals surface area contributed by atoms with Crippen molar-refractivity contribution in [1.82, 2.24) is 9.97 Å². The van der Waals surface area contributed by atoms with Crippen LogP contribution in [0, 0.1) is 0 Å². The van der Waals surface area contributed by atoms with Gasteiger partial charge in [0.15, 0.2) is 0 Å². The van der Waals surface area contributed by atoms with Gasteiger partial charge in [-0.1, -0.05) is 12.1 Å². The van der Waals surface area contributed by atoms with Crippen molar-refractivity contribution in [2.45, 2.75) is 6.54 Å². The first-order valence-electron chi connectivity index (χ1n) is 7.38. The first kappa shape index (κ1) is 14.6. The number of hydrogen-bond acceptors (Lipinski definition) is 6. The van der Waals surface area contributed by atoms with Gasteiger partial charge in [-0.25, -0.2) is 4.98 Å². The standard InChI is InChI=1S/C16H20N4O2/c1-21-14-4-2-13(3-5-14)12-18-15-6-7-17-16(19-15)20-8-10-22-11-9-20/h2-7H,8-12H2,1H3,(H,17,18,19). The molecule has 1 fully saturated rings. The minimum Gasteiger partial charge on any atom is -0.497 e. The predicted octanol–water partition coefficient (Wildman–Crippen LogP) is 1.93. The van der Waals surface area contributed by atoms with Crippen LogP contribution < -0.4 is 15.0 Å². The van der Waals surface area contributed by atoms with Crippen LogP contribution in [0.5, 0.6) is 5.75 Å². The zero-order chi connectivity index (χ0) is 15.2. The number of methoxy groups -OCH3 is 1. The van der Waals surface area contributed by atoms with Crippen LogP contribution in [-0.2, 0) is 11.3 Å². The number of nitrogens with one attached hydrogen (secondary N) is 1. The van der Waals surface area contributed by atoms with E-state index >= 15 is 0 Å². The molecule has 0 radical (unpaired) electrons. The van der Waals surface area contributed by atoms with Gasteiger partial charge in [0.25, 0.3) is 0 Å². The fraction of sp³-hybridized carbons (Fsp3) is 0.375. The SMILES string of the molecule is COc1ccc(CNc2ccnc(N3CCOCC3)n2)cc1. The normalized spacial score (nSPS) is 14.7. The van der Waals surface area contributed by atoms with Crippen LogP contribution in [0.15, 0.2) is 36.5 Å². The Kier molecular flexibility index (Phi) is 4.70. The smallest absolute Gasteiger partial charge is 0.227 e. The fourth-order valence-corrected chi connectivity index (χ4v) is 2.30. The third kappa shape index (κ3) is 3.65. The first-order chi connectivity index (χ1) is 10.8. The minimum absolute atomic E-state index is 0.712. The lowest BCUT2D eigenvalue weighted by Gasteiger charge is -2.26. The van der Waals surface area contributed by atoms with Gasteiger partial charge in [-0.3, -0.25) is 0 Å². The molecular weight excluding hydrogens is 280 g/mol. The summed E-state index contributed by atoms with van der Waals surface area (Å²) in [6.07, 6.45) is 1.79. The maximum Gasteiger partial charge on any atom is 0.227 e. The third-order valence-electron chi connectivity index (χ3n) is 3.57. The second-order valence-electron chi connectivity index (χ2n) is 5.04. The number of hydrogen-bond donors (Lipinski definition) is 1. The van der Waals surface area contributed by atoms with Crippen LogP contribution in [0.2, 0.25) is 0 Å². The van der Waals surface area contributed by atoms with Gasteiger partial charge in [-0.05, 0) is 23.8 Å². The van der Waals surface area contributed by atoms with Crippen molar-refractivity contribution < 1.29 is 9.47 Å². The summed E-state index contributed by atoms with van der Waals surface area (Å²) in [6.45, 7) is 3.84. The Morgan fingerprint density at radius 2 is 1.95 bits per heavy atom. The van der Waals surface area contributed by atoms with Crippen LogP contribution in [0.3, 0.4) is 0 Å². The number of rotatable bonds is 5. The van der Waals surface area contributed by atoms with E-state index in [0.717, 1.165) is 43.8 Å². The molecule has 0 unspecified atom stereocenters. The summed E-state index contributed by atoms with van der Waals surface area (Å²) in [7, 11) is 1.67. The molecule has 0 atom stereocenters. The monoisotopic (exact) mass is 300 g/mol. The molecule has 116 valence electrons. The second-order valence-corrected chi connectivity index (χ2v) is 5.04. The number of ether oxygens (including phenoxy) is 2. The van der Waals surface area contributed by atoms with Crippen LogP contribution in [0.4, 0.5) is 11.8 Å². The Labute approximate surface area is 130 Å². The summed E-state index contributed by atoms with van der Waals surface area (Å²) in [6, 6.07) is 9.87. The molecule has 0 aliphatic carbocycles. The Bertz CT molecular complexity index is 597. The summed E-state index contributed by atoms with van der Waals surface area (Å²) in [5.74, 6) is 2.44. The highest BCUT2D eigenvalue weighted by Crippen LogP contribution is 2.15. The highest BCUT2D eigenvalue weighted by atomic mass is 16.5. The molecule has 0 amide bonds. The van der Waals surface area contributed by atoms with E-state index in [1.165, 1.54) is 5.56 Å². The quantitative estimate of drug-likeness (QED) is 0.910. The van der Waals surface area contributed by atoms with E-state index in [9.17, 15) is 0 Å². The summed E-state index contributed by atoms with van der Waals surface area (Å²) >= 11 is 0. The number of benzene rings is 1. The van der Waals surface area contributed by atoms with Crippen LogP contribution >= 0.6 is 0 Å². The van der Waals surface area contributed by atoms with Gasteiger partial charge in [-0.15, -0.1) is 0 Å². The molecule has 1 aliphatic rings. The summed E-state index contributed by atoms with van der Waals surface area (Å²) in [4.78, 5) is 11.1. The van der Waals surface area contributed by atoms with Gasteiger partial charge in [0.05, 0.1) is 20.3 Å². The van der Waals surface area contributed by atoms with Crippen molar-refractivity contribution >= 4 is 11.8 Å². The Balaban J connectivity index is 1.62. The molecule has 6 heteroatoms. The van der Waals surface area contributed by atoms with Crippen molar-refractivity contribution in [2.75, 3.05) is 43.6 Å². The lowest BCUT2D eigenvalue weighted by molar-refractivity contribution is 0.122. The Morgan fingerprint density at radius 3 is 2.68 bits per heavy atom. The summed E-state index contributed by atoms with van der Waals surface area (Å²) in [5.41, 5.74) is 1.17. The molecule has 0 saturated carbocycles. The molecule has 1 aromatic heterocycles. The van der Waals surface area contributed by atoms with Crippen molar-refractivity contribution in [3.05, 3.63) is 42.1 Å². The van der Waals surface area contributed by atoms with E-state index in [1.54, 1.807) is 13.3 Å². The molecule has 3 rings (SSSR count). The van der Waals surface area contributed by atoms with Gasteiger partial charge >= 0.3 is 0 Å². The van der Waals surface area contributed by atoms with Gasteiger partial charge < -0.3 is 19.7 Å². The Hall–Kier alpha value is -2.34. The molecule has 2 aromatic rings. The van der Waals surface area contributed by atoms with Crippen molar-refractivity contribution in [3.8, 4) is 5.75 Å². The minimum atomic E-state index is 0.712. The van der Waals surface area contributed by atoms with Gasteiger partial charge in [0.1, 0.15) is 11.6 Å². The lowest BCUT2D eigenvalue weighted by atomic mass is 10.2. The number of aromatic nitrogens is 2. The van der Waals surface area contributed by atoms with Crippen molar-refractivity contribution in [3.63, 3.8) is 0 Å². The average Bonchev–Trinajstić information content (AvgIpc) is 2.61. The van der Waals surface area contributed by atoms with Gasteiger partial charge in [-0.2, -0.15) is 4.98 Å². The fourth-order valence-electron chi connectivity index (χ4n) is 2.30. The van der Waals surface area contributed by atoms with E-state index in [1.807, 2.05) is 30.3 Å². The summed E-state index contributed by atoms with van der Waals surface area (Å²) < 4.78 is 10.5. The molecule has 1 saturated heterocycles. The largest absolute Gasteiger partial charge is 0.497 e. The maximum atomic E-state index is 5.35. The average molecular weight is 300 g/mol. The molecule has 1 N–H and O–H groups in total. The van der Waals surface area contributed by atoms with Gasteiger partial charge in [0, 0.05) is 25.8 Å². The maximum absolute atomic E-state index is 5.35. The third-order valence-corrected chi connectivity index (χ3v) is 3.57. The topological polar surface area (TPSA) is 59.5 Å². The molecule has 22 heavy (non-hydrogen) atoms. The number of nitrogens with zero attached hydrogens (tertiary/aromatic N) is 3. The van der Waals surface area contributed by atoms with E-state index in [2.05, 4.69) is 20.2 Å². The van der Waals surface area contributed by atoms with E-state index in [-0.39, 0.29) is 0 Å². The lowest BCUT2D eigenvalue weighted by Crippen LogP contribution is -2.37. The molecular formula is C16H20N4O2. The second kappa shape index (κ2) is 7.09. The van der Waals surface area contributed by atoms with Crippen molar-refractivity contribution in [2.24, 2.45) is 0 Å². The van der Waals surface area contributed by atoms with E-state index < -0.39 is 0 Å². The van der Waals surface area contributed by atoms with Crippen molar-refractivity contribution in [1.29, 1.82) is 0 Å². The van der Waals surface area contributed by atoms with Gasteiger partial charge in [0.2, 0.25) is 5.95 Å². The van der Waals surface area contributed by atoms with E-state index in [0.29, 0.717) is 6.54 Å². The summed E-state index contributed by atoms with van der Waals surface area (Å²) in [5, 5.41) is 3.33. The van der Waals surface area contributed by atoms with E-state index in [4.69, 9.17) is 9.47 Å². The zero-order valence-corrected chi connectivity index (χ0v) is 12.7.